The van der Waals surface area contributed by atoms with Crippen molar-refractivity contribution in [3.05, 3.63) is 46.6 Å². The minimum absolute atomic E-state index is 0.0285. The second-order valence-corrected chi connectivity index (χ2v) is 6.56. The van der Waals surface area contributed by atoms with E-state index < -0.39 is 16.1 Å². The molecule has 0 amide bonds. The molecule has 0 radical (unpaired) electrons. The molecule has 0 aliphatic rings. The number of halogens is 1. The van der Waals surface area contributed by atoms with Crippen molar-refractivity contribution in [2.24, 2.45) is 5.73 Å². The van der Waals surface area contributed by atoms with E-state index in [0.717, 1.165) is 0 Å². The number of hydrogen-bond acceptors (Lipinski definition) is 5. The SMILES string of the molecule is CC(NS(=O)(=O)c1cc(CN)oc1Br)c1ccccn1. The molecule has 0 aromatic carbocycles. The third-order valence-electron chi connectivity index (χ3n) is 2.66. The largest absolute Gasteiger partial charge is 0.452 e. The topological polar surface area (TPSA) is 98.2 Å². The van der Waals surface area contributed by atoms with Crippen molar-refractivity contribution in [1.29, 1.82) is 0 Å². The number of nitrogens with zero attached hydrogens (tertiary/aromatic N) is 1. The van der Waals surface area contributed by atoms with Gasteiger partial charge in [-0.2, -0.15) is 0 Å². The van der Waals surface area contributed by atoms with Crippen LogP contribution in [0.25, 0.3) is 0 Å². The van der Waals surface area contributed by atoms with Crippen molar-refractivity contribution >= 4 is 26.0 Å². The Kier molecular flexibility index (Phi) is 4.59. The average Bonchev–Trinajstić information content (AvgIpc) is 2.81. The molecule has 0 fully saturated rings. The summed E-state index contributed by atoms with van der Waals surface area (Å²) < 4.78 is 32.5. The van der Waals surface area contributed by atoms with Crippen molar-refractivity contribution in [2.45, 2.75) is 24.4 Å². The first-order chi connectivity index (χ1) is 9.44. The van der Waals surface area contributed by atoms with Crippen LogP contribution in [0.5, 0.6) is 0 Å². The van der Waals surface area contributed by atoms with Crippen LogP contribution in [0.4, 0.5) is 0 Å². The number of sulfonamides is 1. The van der Waals surface area contributed by atoms with Crippen LogP contribution in [0.3, 0.4) is 0 Å². The highest BCUT2D eigenvalue weighted by atomic mass is 79.9. The third-order valence-corrected chi connectivity index (χ3v) is 5.06. The van der Waals surface area contributed by atoms with Gasteiger partial charge in [0.25, 0.3) is 0 Å². The van der Waals surface area contributed by atoms with E-state index in [1.165, 1.54) is 6.07 Å². The van der Waals surface area contributed by atoms with Crippen molar-refractivity contribution < 1.29 is 12.8 Å². The van der Waals surface area contributed by atoms with Crippen LogP contribution in [0, 0.1) is 0 Å². The number of nitrogens with two attached hydrogens (primary N) is 1. The summed E-state index contributed by atoms with van der Waals surface area (Å²) >= 11 is 3.08. The number of rotatable bonds is 5. The zero-order chi connectivity index (χ0) is 14.8. The Hall–Kier alpha value is -1.22. The molecule has 0 aliphatic carbocycles. The summed E-state index contributed by atoms with van der Waals surface area (Å²) in [5, 5.41) is 0. The van der Waals surface area contributed by atoms with Gasteiger partial charge in [-0.3, -0.25) is 4.98 Å². The Bertz CT molecular complexity index is 685. The molecular formula is C12H14BrN3O3S. The van der Waals surface area contributed by atoms with Crippen LogP contribution in [0.2, 0.25) is 0 Å². The second kappa shape index (κ2) is 6.04. The smallest absolute Gasteiger partial charge is 0.245 e. The quantitative estimate of drug-likeness (QED) is 0.849. The Morgan fingerprint density at radius 3 is 2.80 bits per heavy atom. The first-order valence-corrected chi connectivity index (χ1v) is 8.13. The highest BCUT2D eigenvalue weighted by Crippen LogP contribution is 2.27. The Morgan fingerprint density at radius 2 is 2.25 bits per heavy atom. The molecule has 2 rings (SSSR count). The van der Waals surface area contributed by atoms with Gasteiger partial charge >= 0.3 is 0 Å². The van der Waals surface area contributed by atoms with E-state index in [4.69, 9.17) is 10.2 Å². The number of furan rings is 1. The molecule has 1 unspecified atom stereocenters. The van der Waals surface area contributed by atoms with Gasteiger partial charge in [0.2, 0.25) is 10.0 Å². The maximum Gasteiger partial charge on any atom is 0.245 e. The van der Waals surface area contributed by atoms with Crippen molar-refractivity contribution in [1.82, 2.24) is 9.71 Å². The highest BCUT2D eigenvalue weighted by molar-refractivity contribution is 9.10. The van der Waals surface area contributed by atoms with Gasteiger partial charge in [-0.25, -0.2) is 13.1 Å². The molecule has 6 nitrogen and oxygen atoms in total. The van der Waals surface area contributed by atoms with E-state index in [1.807, 2.05) is 0 Å². The maximum atomic E-state index is 12.3. The van der Waals surface area contributed by atoms with Gasteiger partial charge in [0.1, 0.15) is 10.7 Å². The van der Waals surface area contributed by atoms with Gasteiger partial charge in [-0.15, -0.1) is 0 Å². The van der Waals surface area contributed by atoms with Gasteiger partial charge < -0.3 is 10.2 Å². The molecule has 2 aromatic heterocycles. The lowest BCUT2D eigenvalue weighted by atomic mass is 10.2. The summed E-state index contributed by atoms with van der Waals surface area (Å²) in [7, 11) is -3.71. The Labute approximate surface area is 125 Å². The lowest BCUT2D eigenvalue weighted by Gasteiger charge is -2.12. The van der Waals surface area contributed by atoms with E-state index in [-0.39, 0.29) is 16.1 Å². The lowest BCUT2D eigenvalue weighted by Crippen LogP contribution is -2.27. The van der Waals surface area contributed by atoms with Gasteiger partial charge in [-0.05, 0) is 35.0 Å². The van der Waals surface area contributed by atoms with Crippen LogP contribution in [-0.2, 0) is 16.6 Å². The number of nitrogens with one attached hydrogen (secondary N) is 1. The van der Waals surface area contributed by atoms with E-state index in [2.05, 4.69) is 25.6 Å². The molecule has 0 saturated heterocycles. The fraction of sp³-hybridized carbons (Fsp3) is 0.250. The molecule has 1 atom stereocenters. The predicted octanol–water partition coefficient (Wildman–Crippen LogP) is 1.94. The molecule has 8 heteroatoms. The molecular weight excluding hydrogens is 346 g/mol. The molecule has 108 valence electrons. The van der Waals surface area contributed by atoms with E-state index >= 15 is 0 Å². The fourth-order valence-corrected chi connectivity index (χ4v) is 3.88. The molecule has 2 heterocycles. The van der Waals surface area contributed by atoms with Crippen LogP contribution in [0.15, 0.2) is 44.4 Å². The zero-order valence-corrected chi connectivity index (χ0v) is 13.1. The molecule has 3 N–H and O–H groups in total. The number of pyridine rings is 1. The monoisotopic (exact) mass is 359 g/mol. The number of hydrogen-bond donors (Lipinski definition) is 2. The summed E-state index contributed by atoms with van der Waals surface area (Å²) in [5.41, 5.74) is 6.06. The summed E-state index contributed by atoms with van der Waals surface area (Å²) in [4.78, 5) is 4.15. The van der Waals surface area contributed by atoms with E-state index in [9.17, 15) is 8.42 Å². The average molecular weight is 360 g/mol. The van der Waals surface area contributed by atoms with Gasteiger partial charge in [-0.1, -0.05) is 6.07 Å². The van der Waals surface area contributed by atoms with Gasteiger partial charge in [0.05, 0.1) is 18.3 Å². The first kappa shape index (κ1) is 15.2. The molecule has 2 aromatic rings. The normalized spacial score (nSPS) is 13.3. The molecule has 0 saturated carbocycles. The minimum atomic E-state index is -3.71. The number of aromatic nitrogens is 1. The van der Waals surface area contributed by atoms with Crippen molar-refractivity contribution in [3.8, 4) is 0 Å². The van der Waals surface area contributed by atoms with Crippen LogP contribution in [-0.4, -0.2) is 13.4 Å². The summed E-state index contributed by atoms with van der Waals surface area (Å²) in [6.45, 7) is 1.85. The Balaban J connectivity index is 2.25. The van der Waals surface area contributed by atoms with Crippen LogP contribution < -0.4 is 10.5 Å². The van der Waals surface area contributed by atoms with Crippen LogP contribution >= 0.6 is 15.9 Å². The summed E-state index contributed by atoms with van der Waals surface area (Å²) in [5.74, 6) is 0.391. The first-order valence-electron chi connectivity index (χ1n) is 5.85. The maximum absolute atomic E-state index is 12.3. The second-order valence-electron chi connectivity index (χ2n) is 4.15. The highest BCUT2D eigenvalue weighted by Gasteiger charge is 2.24. The van der Waals surface area contributed by atoms with Crippen molar-refractivity contribution in [3.63, 3.8) is 0 Å². The van der Waals surface area contributed by atoms with Crippen LogP contribution in [0.1, 0.15) is 24.4 Å². The molecule has 0 bridgehead atoms. The molecule has 0 spiro atoms. The summed E-state index contributed by atoms with van der Waals surface area (Å²) in [6.07, 6.45) is 1.61. The van der Waals surface area contributed by atoms with E-state index in [0.29, 0.717) is 11.5 Å². The standard InChI is InChI=1S/C12H14BrN3O3S/c1-8(10-4-2-3-5-15-10)16-20(17,18)11-6-9(7-14)19-12(11)13/h2-6,8,16H,7,14H2,1H3. The summed E-state index contributed by atoms with van der Waals surface area (Å²) in [6, 6.07) is 6.27. The van der Waals surface area contributed by atoms with Gasteiger partial charge in [0.15, 0.2) is 4.67 Å². The zero-order valence-electron chi connectivity index (χ0n) is 10.7. The van der Waals surface area contributed by atoms with Gasteiger partial charge in [0, 0.05) is 12.3 Å². The van der Waals surface area contributed by atoms with Crippen molar-refractivity contribution in [2.75, 3.05) is 0 Å². The predicted molar refractivity (Wildman–Crippen MR) is 77.3 cm³/mol. The Morgan fingerprint density at radius 1 is 1.50 bits per heavy atom. The minimum Gasteiger partial charge on any atom is -0.452 e. The lowest BCUT2D eigenvalue weighted by molar-refractivity contribution is 0.483. The third kappa shape index (κ3) is 3.26. The fourth-order valence-electron chi connectivity index (χ4n) is 1.67. The molecule has 0 aliphatic heterocycles. The molecule has 20 heavy (non-hydrogen) atoms. The van der Waals surface area contributed by atoms with E-state index in [1.54, 1.807) is 31.3 Å².